The smallest absolute Gasteiger partial charge is 0.328 e. The lowest BCUT2D eigenvalue weighted by Gasteiger charge is -2.08. The van der Waals surface area contributed by atoms with Gasteiger partial charge in [0.15, 0.2) is 11.6 Å². The molecule has 110 valence electrons. The molecule has 21 heavy (non-hydrogen) atoms. The number of nitrogens with zero attached hydrogens (tertiary/aromatic N) is 2. The summed E-state index contributed by atoms with van der Waals surface area (Å²) in [6.07, 6.45) is 2.37. The van der Waals surface area contributed by atoms with Gasteiger partial charge in [0.25, 0.3) is 0 Å². The minimum atomic E-state index is -1.08. The first kappa shape index (κ1) is 14.8. The van der Waals surface area contributed by atoms with E-state index < -0.39 is 11.8 Å². The van der Waals surface area contributed by atoms with Crippen LogP contribution < -0.4 is 4.74 Å². The SMILES string of the molecule is Cc1ccc(F)c(Oc2c(C=CC(=O)O)c(C)nn2C)c1. The van der Waals surface area contributed by atoms with E-state index in [2.05, 4.69) is 5.10 Å². The summed E-state index contributed by atoms with van der Waals surface area (Å²) < 4.78 is 20.8. The summed E-state index contributed by atoms with van der Waals surface area (Å²) in [7, 11) is 1.65. The summed E-state index contributed by atoms with van der Waals surface area (Å²) in [6.45, 7) is 3.55. The van der Waals surface area contributed by atoms with Gasteiger partial charge in [-0.05, 0) is 37.6 Å². The average Bonchev–Trinajstić information content (AvgIpc) is 2.66. The van der Waals surface area contributed by atoms with E-state index >= 15 is 0 Å². The van der Waals surface area contributed by atoms with Crippen molar-refractivity contribution < 1.29 is 19.0 Å². The molecule has 0 saturated carbocycles. The molecule has 0 unspecified atom stereocenters. The zero-order valence-corrected chi connectivity index (χ0v) is 11.9. The third-order valence-corrected chi connectivity index (χ3v) is 2.90. The van der Waals surface area contributed by atoms with Crippen molar-refractivity contribution in [2.75, 3.05) is 0 Å². The Morgan fingerprint density at radius 3 is 2.81 bits per heavy atom. The van der Waals surface area contributed by atoms with Gasteiger partial charge < -0.3 is 9.84 Å². The van der Waals surface area contributed by atoms with E-state index in [0.717, 1.165) is 11.6 Å². The first-order chi connectivity index (χ1) is 9.88. The van der Waals surface area contributed by atoms with Crippen LogP contribution >= 0.6 is 0 Å². The Balaban J connectivity index is 2.44. The van der Waals surface area contributed by atoms with Crippen LogP contribution in [0.1, 0.15) is 16.8 Å². The van der Waals surface area contributed by atoms with Crippen LogP contribution in [-0.4, -0.2) is 20.9 Å². The third kappa shape index (κ3) is 3.28. The second-order valence-electron chi connectivity index (χ2n) is 4.64. The lowest BCUT2D eigenvalue weighted by Crippen LogP contribution is -1.98. The molecule has 1 aromatic heterocycles. The number of hydrogen-bond donors (Lipinski definition) is 1. The van der Waals surface area contributed by atoms with E-state index in [9.17, 15) is 9.18 Å². The van der Waals surface area contributed by atoms with Crippen LogP contribution in [0.4, 0.5) is 4.39 Å². The van der Waals surface area contributed by atoms with Gasteiger partial charge in [-0.2, -0.15) is 5.10 Å². The molecule has 0 aliphatic heterocycles. The molecule has 1 N–H and O–H groups in total. The standard InChI is InChI=1S/C15H15FN2O3/c1-9-4-6-12(16)13(8-9)21-15-11(5-7-14(19)20)10(2)17-18(15)3/h4-8H,1-3H3,(H,19,20). The van der Waals surface area contributed by atoms with Crippen molar-refractivity contribution >= 4 is 12.0 Å². The van der Waals surface area contributed by atoms with Crippen LogP contribution in [-0.2, 0) is 11.8 Å². The first-order valence-corrected chi connectivity index (χ1v) is 6.27. The van der Waals surface area contributed by atoms with Crippen LogP contribution in [0.3, 0.4) is 0 Å². The Labute approximate surface area is 121 Å². The number of carboxylic acid groups (broad SMARTS) is 1. The number of ether oxygens (including phenoxy) is 1. The Morgan fingerprint density at radius 1 is 1.43 bits per heavy atom. The van der Waals surface area contributed by atoms with Gasteiger partial charge in [0.2, 0.25) is 5.88 Å². The Hall–Kier alpha value is -2.63. The van der Waals surface area contributed by atoms with Crippen molar-refractivity contribution in [3.8, 4) is 11.6 Å². The number of halogens is 1. The molecule has 0 aliphatic rings. The first-order valence-electron chi connectivity index (χ1n) is 6.27. The number of rotatable bonds is 4. The molecule has 0 amide bonds. The zero-order valence-electron chi connectivity index (χ0n) is 11.9. The number of benzene rings is 1. The van der Waals surface area contributed by atoms with Gasteiger partial charge in [0.05, 0.1) is 11.3 Å². The Kier molecular flexibility index (Phi) is 4.07. The van der Waals surface area contributed by atoms with Crippen molar-refractivity contribution in [2.24, 2.45) is 7.05 Å². The maximum Gasteiger partial charge on any atom is 0.328 e. The van der Waals surface area contributed by atoms with Crippen LogP contribution in [0.2, 0.25) is 0 Å². The van der Waals surface area contributed by atoms with E-state index in [-0.39, 0.29) is 11.6 Å². The van der Waals surface area contributed by atoms with Gasteiger partial charge in [-0.15, -0.1) is 0 Å². The van der Waals surface area contributed by atoms with E-state index in [1.165, 1.54) is 16.8 Å². The maximum absolute atomic E-state index is 13.8. The molecule has 0 saturated heterocycles. The summed E-state index contributed by atoms with van der Waals surface area (Å²) in [4.78, 5) is 10.6. The fourth-order valence-corrected chi connectivity index (χ4v) is 1.91. The minimum absolute atomic E-state index is 0.0722. The average molecular weight is 290 g/mol. The van der Waals surface area contributed by atoms with Gasteiger partial charge in [0, 0.05) is 13.1 Å². The van der Waals surface area contributed by atoms with Crippen LogP contribution in [0.25, 0.3) is 6.08 Å². The molecule has 6 heteroatoms. The lowest BCUT2D eigenvalue weighted by atomic mass is 10.2. The van der Waals surface area contributed by atoms with E-state index in [4.69, 9.17) is 9.84 Å². The van der Waals surface area contributed by atoms with Gasteiger partial charge in [-0.25, -0.2) is 13.9 Å². The number of hydrogen-bond acceptors (Lipinski definition) is 3. The molecule has 0 bridgehead atoms. The predicted molar refractivity (Wildman–Crippen MR) is 75.8 cm³/mol. The second kappa shape index (κ2) is 5.78. The predicted octanol–water partition coefficient (Wildman–Crippen LogP) is 3.07. The summed E-state index contributed by atoms with van der Waals surface area (Å²) >= 11 is 0. The second-order valence-corrected chi connectivity index (χ2v) is 4.64. The van der Waals surface area contributed by atoms with Gasteiger partial charge in [-0.3, -0.25) is 0 Å². The van der Waals surface area contributed by atoms with Crippen LogP contribution in [0, 0.1) is 19.7 Å². The summed E-state index contributed by atoms with van der Waals surface area (Å²) in [5.41, 5.74) is 1.95. The highest BCUT2D eigenvalue weighted by Gasteiger charge is 2.15. The molecule has 0 atom stereocenters. The van der Waals surface area contributed by atoms with Crippen molar-refractivity contribution in [3.05, 3.63) is 46.9 Å². The molecule has 1 aromatic carbocycles. The normalized spacial score (nSPS) is 11.0. The third-order valence-electron chi connectivity index (χ3n) is 2.90. The number of aromatic nitrogens is 2. The molecule has 0 radical (unpaired) electrons. The monoisotopic (exact) mass is 290 g/mol. The molecule has 1 heterocycles. The van der Waals surface area contributed by atoms with Crippen LogP contribution in [0.5, 0.6) is 11.6 Å². The summed E-state index contributed by atoms with van der Waals surface area (Å²) in [5, 5.41) is 12.9. The maximum atomic E-state index is 13.8. The molecular weight excluding hydrogens is 275 g/mol. The van der Waals surface area contributed by atoms with Crippen molar-refractivity contribution in [1.82, 2.24) is 9.78 Å². The number of aliphatic carboxylic acids is 1. The van der Waals surface area contributed by atoms with Gasteiger partial charge in [-0.1, -0.05) is 6.07 Å². The molecule has 0 fully saturated rings. The fraction of sp³-hybridized carbons (Fsp3) is 0.200. The highest BCUT2D eigenvalue weighted by atomic mass is 19.1. The number of aryl methyl sites for hydroxylation is 3. The molecular formula is C15H15FN2O3. The minimum Gasteiger partial charge on any atom is -0.478 e. The van der Waals surface area contributed by atoms with Gasteiger partial charge >= 0.3 is 5.97 Å². The Bertz CT molecular complexity index is 720. The van der Waals surface area contributed by atoms with Crippen molar-refractivity contribution in [1.29, 1.82) is 0 Å². The highest BCUT2D eigenvalue weighted by Crippen LogP contribution is 2.30. The molecule has 0 spiro atoms. The molecule has 2 aromatic rings. The fourth-order valence-electron chi connectivity index (χ4n) is 1.91. The lowest BCUT2D eigenvalue weighted by molar-refractivity contribution is -0.131. The van der Waals surface area contributed by atoms with Crippen molar-refractivity contribution in [3.63, 3.8) is 0 Å². The Morgan fingerprint density at radius 2 is 2.14 bits per heavy atom. The topological polar surface area (TPSA) is 64.3 Å². The van der Waals surface area contributed by atoms with E-state index in [1.807, 2.05) is 6.92 Å². The van der Waals surface area contributed by atoms with Gasteiger partial charge in [0.1, 0.15) is 0 Å². The largest absolute Gasteiger partial charge is 0.478 e. The molecule has 2 rings (SSSR count). The van der Waals surface area contributed by atoms with Crippen LogP contribution in [0.15, 0.2) is 24.3 Å². The number of carboxylic acids is 1. The van der Waals surface area contributed by atoms with E-state index in [0.29, 0.717) is 11.3 Å². The highest BCUT2D eigenvalue weighted by molar-refractivity contribution is 5.86. The quantitative estimate of drug-likeness (QED) is 0.879. The molecule has 5 nitrogen and oxygen atoms in total. The summed E-state index contributed by atoms with van der Waals surface area (Å²) in [6, 6.07) is 4.53. The van der Waals surface area contributed by atoms with Crippen molar-refractivity contribution in [2.45, 2.75) is 13.8 Å². The number of carbonyl (C=O) groups is 1. The van der Waals surface area contributed by atoms with E-state index in [1.54, 1.807) is 26.1 Å². The summed E-state index contributed by atoms with van der Waals surface area (Å²) in [5.74, 6) is -1.21. The zero-order chi connectivity index (χ0) is 15.6. The molecule has 0 aliphatic carbocycles.